The number of hydrogen-bond acceptors (Lipinski definition) is 1. The van der Waals surface area contributed by atoms with Gasteiger partial charge in [-0.05, 0) is 24.1 Å². The molecule has 1 unspecified atom stereocenters. The van der Waals surface area contributed by atoms with E-state index in [0.29, 0.717) is 11.2 Å². The molecule has 1 aliphatic rings. The maximum absolute atomic E-state index is 9.89. The molecule has 0 aromatic rings. The Balaban J connectivity index is 2.41. The highest BCUT2D eigenvalue weighted by molar-refractivity contribution is 6.50. The van der Waals surface area contributed by atoms with Crippen molar-refractivity contribution in [2.45, 2.75) is 104 Å². The topological polar surface area (TPSA) is 20.2 Å². The van der Waals surface area contributed by atoms with E-state index >= 15 is 0 Å². The van der Waals surface area contributed by atoms with E-state index in [1.54, 1.807) is 0 Å². The summed E-state index contributed by atoms with van der Waals surface area (Å²) >= 11 is 0. The van der Waals surface area contributed by atoms with Crippen LogP contribution in [0.3, 0.4) is 0 Å². The fourth-order valence-corrected chi connectivity index (χ4v) is 3.48. The first kappa shape index (κ1) is 17.1. The summed E-state index contributed by atoms with van der Waals surface area (Å²) in [5.41, 5.74) is 0.532. The lowest BCUT2D eigenvalue weighted by atomic mass is 9.55. The molecular weight excluding hydrogens is 231 g/mol. The van der Waals surface area contributed by atoms with Gasteiger partial charge in [-0.1, -0.05) is 84.9 Å². The zero-order chi connectivity index (χ0) is 14.1. The lowest BCUT2D eigenvalue weighted by Crippen LogP contribution is -2.17. The molecule has 19 heavy (non-hydrogen) atoms. The predicted molar refractivity (Wildman–Crippen MR) is 86.8 cm³/mol. The van der Waals surface area contributed by atoms with Crippen LogP contribution in [-0.4, -0.2) is 11.9 Å². The van der Waals surface area contributed by atoms with Crippen LogP contribution in [-0.2, 0) is 0 Å². The summed E-state index contributed by atoms with van der Waals surface area (Å²) in [6, 6.07) is 0. The minimum absolute atomic E-state index is 0.110. The smallest absolute Gasteiger partial charge is 0.288 e. The third-order valence-corrected chi connectivity index (χ3v) is 5.04. The van der Waals surface area contributed by atoms with Gasteiger partial charge in [-0.25, -0.2) is 0 Å². The van der Waals surface area contributed by atoms with Gasteiger partial charge in [-0.3, -0.25) is 0 Å². The van der Waals surface area contributed by atoms with Crippen LogP contribution in [0, 0.1) is 5.41 Å². The van der Waals surface area contributed by atoms with Gasteiger partial charge < -0.3 is 5.02 Å². The Bertz CT molecular complexity index is 225. The third-order valence-electron chi connectivity index (χ3n) is 5.04. The maximum atomic E-state index is 9.89. The van der Waals surface area contributed by atoms with Crippen molar-refractivity contribution < 1.29 is 5.02 Å². The molecule has 1 saturated carbocycles. The summed E-state index contributed by atoms with van der Waals surface area (Å²) in [4.78, 5) is 0. The molecule has 0 radical (unpaired) electrons. The van der Waals surface area contributed by atoms with Gasteiger partial charge in [0.05, 0.1) is 0 Å². The van der Waals surface area contributed by atoms with Gasteiger partial charge in [0.1, 0.15) is 0 Å². The van der Waals surface area contributed by atoms with Crippen LogP contribution >= 0.6 is 0 Å². The van der Waals surface area contributed by atoms with E-state index in [-0.39, 0.29) is 6.92 Å². The van der Waals surface area contributed by atoms with Crippen LogP contribution in [0.5, 0.6) is 0 Å². The first-order valence-corrected chi connectivity index (χ1v) is 8.69. The van der Waals surface area contributed by atoms with Crippen molar-refractivity contribution in [3.8, 4) is 0 Å². The Kier molecular flexibility index (Phi) is 8.14. The van der Waals surface area contributed by atoms with Gasteiger partial charge in [-0.15, -0.1) is 0 Å². The summed E-state index contributed by atoms with van der Waals surface area (Å²) < 4.78 is 0. The zero-order valence-electron chi connectivity index (χ0n) is 13.6. The van der Waals surface area contributed by atoms with Crippen molar-refractivity contribution in [3.05, 3.63) is 0 Å². The Morgan fingerprint density at radius 2 is 1.21 bits per heavy atom. The largest absolute Gasteiger partial charge is 0.450 e. The molecule has 2 heteroatoms. The molecular formula is C17H35BO. The first-order valence-electron chi connectivity index (χ1n) is 8.69. The van der Waals surface area contributed by atoms with E-state index in [1.807, 2.05) is 6.82 Å². The van der Waals surface area contributed by atoms with Gasteiger partial charge in [0.15, 0.2) is 0 Å². The average Bonchev–Trinajstić information content (AvgIpc) is 2.33. The van der Waals surface area contributed by atoms with E-state index in [0.717, 1.165) is 0 Å². The van der Waals surface area contributed by atoms with Crippen molar-refractivity contribution in [1.82, 2.24) is 0 Å². The molecule has 112 valence electrons. The highest BCUT2D eigenvalue weighted by Gasteiger charge is 2.20. The Morgan fingerprint density at radius 1 is 0.789 bits per heavy atom. The highest BCUT2D eigenvalue weighted by atomic mass is 16.2. The second-order valence-electron chi connectivity index (χ2n) is 7.57. The van der Waals surface area contributed by atoms with E-state index < -0.39 is 0 Å². The van der Waals surface area contributed by atoms with Gasteiger partial charge in [0.25, 0.3) is 6.92 Å². The SMILES string of the molecule is CB(O)C1CCCCCCCCC(C)(C)CCCC1. The molecule has 0 heterocycles. The lowest BCUT2D eigenvalue weighted by molar-refractivity contribution is 0.280. The van der Waals surface area contributed by atoms with Crippen LogP contribution in [0.4, 0.5) is 0 Å². The molecule has 1 fully saturated rings. The molecule has 0 aromatic carbocycles. The van der Waals surface area contributed by atoms with Crippen molar-refractivity contribution in [1.29, 1.82) is 0 Å². The summed E-state index contributed by atoms with van der Waals surface area (Å²) in [6.07, 6.45) is 16.2. The first-order chi connectivity index (χ1) is 9.01. The Labute approximate surface area is 121 Å². The van der Waals surface area contributed by atoms with E-state index in [2.05, 4.69) is 13.8 Å². The zero-order valence-corrected chi connectivity index (χ0v) is 13.6. The minimum atomic E-state index is -0.110. The molecule has 0 amide bonds. The third kappa shape index (κ3) is 8.02. The standard InChI is InChI=1S/C17H35BO/c1-17(2)14-10-7-5-4-6-8-12-16(18(3)19)13-9-11-15-17/h16,19H,4-15H2,1-3H3. The fourth-order valence-electron chi connectivity index (χ4n) is 3.48. The second kappa shape index (κ2) is 9.05. The molecule has 0 spiro atoms. The van der Waals surface area contributed by atoms with Crippen molar-refractivity contribution in [2.24, 2.45) is 5.41 Å². The van der Waals surface area contributed by atoms with E-state index in [1.165, 1.54) is 77.0 Å². The normalized spacial score (nSPS) is 27.5. The monoisotopic (exact) mass is 266 g/mol. The van der Waals surface area contributed by atoms with Crippen molar-refractivity contribution in [2.75, 3.05) is 0 Å². The molecule has 1 atom stereocenters. The average molecular weight is 266 g/mol. The maximum Gasteiger partial charge on any atom is 0.288 e. The molecule has 0 saturated heterocycles. The molecule has 0 aliphatic heterocycles. The Hall–Kier alpha value is 0.0249. The number of rotatable bonds is 1. The molecule has 1 nitrogen and oxygen atoms in total. The molecule has 1 aliphatic carbocycles. The Morgan fingerprint density at radius 3 is 1.79 bits per heavy atom. The van der Waals surface area contributed by atoms with E-state index in [9.17, 15) is 5.02 Å². The van der Waals surface area contributed by atoms with Crippen LogP contribution in [0.1, 0.15) is 90.9 Å². The van der Waals surface area contributed by atoms with Crippen LogP contribution < -0.4 is 0 Å². The van der Waals surface area contributed by atoms with Gasteiger partial charge >= 0.3 is 0 Å². The summed E-state index contributed by atoms with van der Waals surface area (Å²) in [5.74, 6) is 0.547. The van der Waals surface area contributed by atoms with E-state index in [4.69, 9.17) is 0 Å². The molecule has 0 bridgehead atoms. The molecule has 1 rings (SSSR count). The quantitative estimate of drug-likeness (QED) is 0.604. The summed E-state index contributed by atoms with van der Waals surface area (Å²) in [7, 11) is 0. The fraction of sp³-hybridized carbons (Fsp3) is 1.00. The van der Waals surface area contributed by atoms with Crippen LogP contribution in [0.2, 0.25) is 12.6 Å². The second-order valence-corrected chi connectivity index (χ2v) is 7.57. The van der Waals surface area contributed by atoms with Crippen LogP contribution in [0.15, 0.2) is 0 Å². The van der Waals surface area contributed by atoms with Gasteiger partial charge in [-0.2, -0.15) is 0 Å². The highest BCUT2D eigenvalue weighted by Crippen LogP contribution is 2.32. The predicted octanol–water partition coefficient (Wildman–Crippen LogP) is 5.69. The number of hydrogen-bond donors (Lipinski definition) is 1. The summed E-state index contributed by atoms with van der Waals surface area (Å²) in [6.45, 7) is 6.74. The van der Waals surface area contributed by atoms with Crippen molar-refractivity contribution >= 4 is 6.92 Å². The van der Waals surface area contributed by atoms with Crippen LogP contribution in [0.25, 0.3) is 0 Å². The minimum Gasteiger partial charge on any atom is -0.450 e. The molecule has 0 aromatic heterocycles. The summed E-state index contributed by atoms with van der Waals surface area (Å²) in [5, 5.41) is 9.89. The van der Waals surface area contributed by atoms with Gasteiger partial charge in [0.2, 0.25) is 0 Å². The van der Waals surface area contributed by atoms with Crippen molar-refractivity contribution in [3.63, 3.8) is 0 Å². The lowest BCUT2D eigenvalue weighted by Gasteiger charge is -2.25. The van der Waals surface area contributed by atoms with Gasteiger partial charge in [0, 0.05) is 0 Å². The molecule has 1 N–H and O–H groups in total.